The number of carbonyl (C=O) groups is 2. The SMILES string of the molecule is NC(=O)NC(CC(=O)NCCc1cccs1)c1cccs1. The molecule has 0 aliphatic rings. The molecular weight excluding hydrogens is 306 g/mol. The second kappa shape index (κ2) is 7.80. The first kappa shape index (κ1) is 15.5. The number of nitrogens with one attached hydrogen (secondary N) is 2. The van der Waals surface area contributed by atoms with E-state index in [1.54, 1.807) is 11.3 Å². The van der Waals surface area contributed by atoms with Crippen LogP contribution in [-0.4, -0.2) is 18.5 Å². The van der Waals surface area contributed by atoms with Gasteiger partial charge in [0.15, 0.2) is 0 Å². The molecule has 112 valence electrons. The molecule has 4 N–H and O–H groups in total. The van der Waals surface area contributed by atoms with Crippen molar-refractivity contribution in [1.82, 2.24) is 10.6 Å². The van der Waals surface area contributed by atoms with Gasteiger partial charge in [-0.2, -0.15) is 0 Å². The van der Waals surface area contributed by atoms with Crippen LogP contribution in [0.4, 0.5) is 4.79 Å². The van der Waals surface area contributed by atoms with Crippen molar-refractivity contribution in [3.63, 3.8) is 0 Å². The first-order valence-corrected chi connectivity index (χ1v) is 8.29. The number of thiophene rings is 2. The Kier molecular flexibility index (Phi) is 5.77. The number of hydrogen-bond donors (Lipinski definition) is 3. The lowest BCUT2D eigenvalue weighted by Gasteiger charge is -2.15. The molecular formula is C14H17N3O2S2. The van der Waals surface area contributed by atoms with Gasteiger partial charge in [-0.1, -0.05) is 12.1 Å². The minimum absolute atomic E-state index is 0.0984. The summed E-state index contributed by atoms with van der Waals surface area (Å²) in [6.45, 7) is 0.590. The van der Waals surface area contributed by atoms with E-state index in [0.29, 0.717) is 6.54 Å². The molecule has 0 aliphatic carbocycles. The lowest BCUT2D eigenvalue weighted by Crippen LogP contribution is -2.36. The van der Waals surface area contributed by atoms with Crippen molar-refractivity contribution in [1.29, 1.82) is 0 Å². The smallest absolute Gasteiger partial charge is 0.312 e. The lowest BCUT2D eigenvalue weighted by molar-refractivity contribution is -0.121. The van der Waals surface area contributed by atoms with E-state index in [1.165, 1.54) is 16.2 Å². The second-order valence-corrected chi connectivity index (χ2v) is 6.47. The third-order valence-electron chi connectivity index (χ3n) is 2.87. The van der Waals surface area contributed by atoms with E-state index >= 15 is 0 Å². The maximum absolute atomic E-state index is 12.0. The van der Waals surface area contributed by atoms with Gasteiger partial charge in [0.05, 0.1) is 12.5 Å². The molecule has 1 atom stereocenters. The third-order valence-corrected chi connectivity index (χ3v) is 4.79. The molecule has 21 heavy (non-hydrogen) atoms. The van der Waals surface area contributed by atoms with Crippen molar-refractivity contribution >= 4 is 34.6 Å². The molecule has 0 saturated heterocycles. The first-order valence-electron chi connectivity index (χ1n) is 6.53. The summed E-state index contributed by atoms with van der Waals surface area (Å²) in [5, 5.41) is 9.39. The molecule has 2 heterocycles. The van der Waals surface area contributed by atoms with Gasteiger partial charge in [-0.25, -0.2) is 4.79 Å². The van der Waals surface area contributed by atoms with Gasteiger partial charge in [0.1, 0.15) is 0 Å². The van der Waals surface area contributed by atoms with E-state index in [2.05, 4.69) is 10.6 Å². The van der Waals surface area contributed by atoms with Crippen LogP contribution in [0.25, 0.3) is 0 Å². The van der Waals surface area contributed by atoms with E-state index in [-0.39, 0.29) is 18.4 Å². The maximum atomic E-state index is 12.0. The number of nitrogens with two attached hydrogens (primary N) is 1. The summed E-state index contributed by atoms with van der Waals surface area (Å²) < 4.78 is 0. The molecule has 1 unspecified atom stereocenters. The Morgan fingerprint density at radius 2 is 1.95 bits per heavy atom. The largest absolute Gasteiger partial charge is 0.356 e. The Morgan fingerprint density at radius 1 is 1.19 bits per heavy atom. The molecule has 0 radical (unpaired) electrons. The van der Waals surface area contributed by atoms with Crippen LogP contribution in [0, 0.1) is 0 Å². The Balaban J connectivity index is 1.81. The topological polar surface area (TPSA) is 84.2 Å². The summed E-state index contributed by atoms with van der Waals surface area (Å²) in [5.41, 5.74) is 5.16. The van der Waals surface area contributed by atoms with Crippen molar-refractivity contribution in [3.05, 3.63) is 44.8 Å². The predicted molar refractivity (Wildman–Crippen MR) is 85.4 cm³/mol. The highest BCUT2D eigenvalue weighted by Gasteiger charge is 2.18. The summed E-state index contributed by atoms with van der Waals surface area (Å²) in [6, 6.07) is 6.80. The van der Waals surface area contributed by atoms with E-state index in [0.717, 1.165) is 11.3 Å². The molecule has 0 aromatic carbocycles. The van der Waals surface area contributed by atoms with E-state index in [1.807, 2.05) is 35.0 Å². The van der Waals surface area contributed by atoms with Crippen LogP contribution in [-0.2, 0) is 11.2 Å². The summed E-state index contributed by atoms with van der Waals surface area (Å²) in [6.07, 6.45) is 1.00. The van der Waals surface area contributed by atoms with Crippen molar-refractivity contribution < 1.29 is 9.59 Å². The average molecular weight is 323 g/mol. The Hall–Kier alpha value is -1.86. The molecule has 0 fully saturated rings. The number of hydrogen-bond acceptors (Lipinski definition) is 4. The fraction of sp³-hybridized carbons (Fsp3) is 0.286. The van der Waals surface area contributed by atoms with Crippen LogP contribution in [0.2, 0.25) is 0 Å². The summed E-state index contributed by atoms with van der Waals surface area (Å²) >= 11 is 3.16. The molecule has 0 saturated carbocycles. The summed E-state index contributed by atoms with van der Waals surface area (Å²) in [4.78, 5) is 25.2. The first-order chi connectivity index (χ1) is 10.1. The minimum Gasteiger partial charge on any atom is -0.356 e. The third kappa shape index (κ3) is 5.20. The Morgan fingerprint density at radius 3 is 2.57 bits per heavy atom. The van der Waals surface area contributed by atoms with Crippen molar-refractivity contribution in [2.45, 2.75) is 18.9 Å². The highest BCUT2D eigenvalue weighted by Crippen LogP contribution is 2.21. The molecule has 3 amide bonds. The number of urea groups is 1. The number of rotatable bonds is 7. The highest BCUT2D eigenvalue weighted by atomic mass is 32.1. The number of primary amides is 1. The molecule has 0 aliphatic heterocycles. The van der Waals surface area contributed by atoms with E-state index in [9.17, 15) is 9.59 Å². The number of amides is 3. The predicted octanol–water partition coefficient (Wildman–Crippen LogP) is 2.27. The van der Waals surface area contributed by atoms with Gasteiger partial charge in [-0.05, 0) is 29.3 Å². The quantitative estimate of drug-likeness (QED) is 0.730. The van der Waals surface area contributed by atoms with Crippen LogP contribution in [0.5, 0.6) is 0 Å². The minimum atomic E-state index is -0.625. The van der Waals surface area contributed by atoms with Gasteiger partial charge in [0.25, 0.3) is 0 Å². The monoisotopic (exact) mass is 323 g/mol. The zero-order valence-electron chi connectivity index (χ0n) is 11.4. The standard InChI is InChI=1S/C14H17N3O2S2/c15-14(19)17-11(12-4-2-8-21-12)9-13(18)16-6-5-10-3-1-7-20-10/h1-4,7-8,11H,5-6,9H2,(H,16,18)(H3,15,17,19). The van der Waals surface area contributed by atoms with Crippen LogP contribution in [0.15, 0.2) is 35.0 Å². The van der Waals surface area contributed by atoms with Gasteiger partial charge in [0, 0.05) is 16.3 Å². The zero-order chi connectivity index (χ0) is 15.1. The van der Waals surface area contributed by atoms with Crippen LogP contribution in [0.1, 0.15) is 22.2 Å². The fourth-order valence-electron chi connectivity index (χ4n) is 1.92. The van der Waals surface area contributed by atoms with Gasteiger partial charge in [0.2, 0.25) is 5.91 Å². The van der Waals surface area contributed by atoms with Crippen LogP contribution in [0.3, 0.4) is 0 Å². The van der Waals surface area contributed by atoms with Crippen molar-refractivity contribution in [3.8, 4) is 0 Å². The van der Waals surface area contributed by atoms with Crippen molar-refractivity contribution in [2.24, 2.45) is 5.73 Å². The molecule has 2 rings (SSSR count). The van der Waals surface area contributed by atoms with E-state index in [4.69, 9.17) is 5.73 Å². The van der Waals surface area contributed by atoms with Crippen LogP contribution < -0.4 is 16.4 Å². The molecule has 0 bridgehead atoms. The van der Waals surface area contributed by atoms with Gasteiger partial charge in [-0.3, -0.25) is 4.79 Å². The lowest BCUT2D eigenvalue weighted by atomic mass is 10.1. The molecule has 2 aromatic rings. The highest BCUT2D eigenvalue weighted by molar-refractivity contribution is 7.10. The normalized spacial score (nSPS) is 11.8. The summed E-state index contributed by atoms with van der Waals surface area (Å²) in [5.74, 6) is -0.0984. The Labute approximate surface area is 131 Å². The molecule has 2 aromatic heterocycles. The fourth-order valence-corrected chi connectivity index (χ4v) is 3.41. The molecule has 5 nitrogen and oxygen atoms in total. The van der Waals surface area contributed by atoms with E-state index < -0.39 is 6.03 Å². The molecule has 0 spiro atoms. The maximum Gasteiger partial charge on any atom is 0.312 e. The number of carbonyl (C=O) groups excluding carboxylic acids is 2. The average Bonchev–Trinajstić information content (AvgIpc) is 3.10. The van der Waals surface area contributed by atoms with Gasteiger partial charge < -0.3 is 16.4 Å². The zero-order valence-corrected chi connectivity index (χ0v) is 13.0. The second-order valence-electron chi connectivity index (χ2n) is 4.46. The van der Waals surface area contributed by atoms with Crippen molar-refractivity contribution in [2.75, 3.05) is 6.54 Å². The summed E-state index contributed by atoms with van der Waals surface area (Å²) in [7, 11) is 0. The molecule has 7 heteroatoms. The van der Waals surface area contributed by atoms with Gasteiger partial charge >= 0.3 is 6.03 Å². The Bertz CT molecular complexity index is 567. The van der Waals surface area contributed by atoms with Gasteiger partial charge in [-0.15, -0.1) is 22.7 Å². The van der Waals surface area contributed by atoms with Crippen LogP contribution >= 0.6 is 22.7 Å².